The SMILES string of the molecule is Cc1[c]c(Cl)n(C)n1. The highest BCUT2D eigenvalue weighted by Crippen LogP contribution is 2.05. The molecule has 0 saturated heterocycles. The first kappa shape index (κ1) is 5.63. The summed E-state index contributed by atoms with van der Waals surface area (Å²) in [4.78, 5) is 0. The van der Waals surface area contributed by atoms with E-state index in [2.05, 4.69) is 11.2 Å². The fourth-order valence-corrected chi connectivity index (χ4v) is 0.699. The lowest BCUT2D eigenvalue weighted by Crippen LogP contribution is -1.88. The van der Waals surface area contributed by atoms with Gasteiger partial charge >= 0.3 is 0 Å². The monoisotopic (exact) mass is 129 g/mol. The van der Waals surface area contributed by atoms with Gasteiger partial charge in [-0.05, 0) is 6.92 Å². The van der Waals surface area contributed by atoms with Crippen LogP contribution < -0.4 is 0 Å². The molecule has 0 fully saturated rings. The Bertz CT molecular complexity index is 173. The average molecular weight is 130 g/mol. The molecule has 8 heavy (non-hydrogen) atoms. The Morgan fingerprint density at radius 3 is 2.50 bits per heavy atom. The zero-order valence-electron chi connectivity index (χ0n) is 4.77. The molecule has 1 rings (SSSR count). The van der Waals surface area contributed by atoms with Crippen LogP contribution in [0.5, 0.6) is 0 Å². The fraction of sp³-hybridized carbons (Fsp3) is 0.400. The van der Waals surface area contributed by atoms with Crippen molar-refractivity contribution in [2.75, 3.05) is 0 Å². The number of halogens is 1. The second kappa shape index (κ2) is 1.78. The standard InChI is InChI=1S/C5H6ClN2/c1-4-3-5(6)8(2)7-4/h1-2H3. The van der Waals surface area contributed by atoms with E-state index in [9.17, 15) is 0 Å². The van der Waals surface area contributed by atoms with E-state index in [4.69, 9.17) is 11.6 Å². The summed E-state index contributed by atoms with van der Waals surface area (Å²) in [6.45, 7) is 1.85. The minimum Gasteiger partial charge on any atom is -0.256 e. The number of aryl methyl sites for hydroxylation is 2. The molecule has 0 saturated carbocycles. The zero-order chi connectivity index (χ0) is 6.15. The van der Waals surface area contributed by atoms with Crippen LogP contribution in [0.1, 0.15) is 5.69 Å². The van der Waals surface area contributed by atoms with Crippen LogP contribution in [0.4, 0.5) is 0 Å². The Labute approximate surface area is 53.1 Å². The predicted molar refractivity (Wildman–Crippen MR) is 31.8 cm³/mol. The van der Waals surface area contributed by atoms with E-state index in [0.29, 0.717) is 5.15 Å². The Kier molecular flexibility index (Phi) is 1.26. The summed E-state index contributed by atoms with van der Waals surface area (Å²) in [6.07, 6.45) is 0. The molecule has 0 spiro atoms. The zero-order valence-corrected chi connectivity index (χ0v) is 5.53. The van der Waals surface area contributed by atoms with Gasteiger partial charge in [0.1, 0.15) is 5.15 Å². The summed E-state index contributed by atoms with van der Waals surface area (Å²) >= 11 is 5.57. The molecule has 1 heterocycles. The highest BCUT2D eigenvalue weighted by molar-refractivity contribution is 6.29. The molecule has 0 N–H and O–H groups in total. The van der Waals surface area contributed by atoms with Crippen molar-refractivity contribution >= 4 is 11.6 Å². The number of hydrogen-bond donors (Lipinski definition) is 0. The van der Waals surface area contributed by atoms with E-state index in [1.165, 1.54) is 0 Å². The van der Waals surface area contributed by atoms with Gasteiger partial charge in [-0.3, -0.25) is 4.68 Å². The Morgan fingerprint density at radius 1 is 1.75 bits per heavy atom. The molecule has 0 aliphatic carbocycles. The molecule has 3 heteroatoms. The fourth-order valence-electron chi connectivity index (χ4n) is 0.524. The first-order chi connectivity index (χ1) is 3.70. The van der Waals surface area contributed by atoms with Crippen LogP contribution in [0, 0.1) is 13.0 Å². The van der Waals surface area contributed by atoms with E-state index in [0.717, 1.165) is 5.69 Å². The van der Waals surface area contributed by atoms with Crippen molar-refractivity contribution in [3.63, 3.8) is 0 Å². The lowest BCUT2D eigenvalue weighted by atomic mass is 10.5. The smallest absolute Gasteiger partial charge is 0.134 e. The first-order valence-electron chi connectivity index (χ1n) is 2.28. The summed E-state index contributed by atoms with van der Waals surface area (Å²) in [5, 5.41) is 4.50. The van der Waals surface area contributed by atoms with E-state index >= 15 is 0 Å². The summed E-state index contributed by atoms with van der Waals surface area (Å²) in [5.41, 5.74) is 0.831. The molecule has 1 radical (unpaired) electrons. The molecular formula is C5H6ClN2. The van der Waals surface area contributed by atoms with Gasteiger partial charge in [0.05, 0.1) is 5.69 Å². The number of rotatable bonds is 0. The van der Waals surface area contributed by atoms with Crippen molar-refractivity contribution in [3.8, 4) is 0 Å². The van der Waals surface area contributed by atoms with Crippen LogP contribution in [0.25, 0.3) is 0 Å². The normalized spacial score (nSPS) is 9.88. The van der Waals surface area contributed by atoms with Crippen LogP contribution in [0.15, 0.2) is 0 Å². The largest absolute Gasteiger partial charge is 0.256 e. The molecule has 0 aromatic carbocycles. The van der Waals surface area contributed by atoms with Crippen LogP contribution in [-0.2, 0) is 7.05 Å². The summed E-state index contributed by atoms with van der Waals surface area (Å²) in [6, 6.07) is 2.82. The molecule has 0 aliphatic rings. The van der Waals surface area contributed by atoms with Gasteiger partial charge in [0.25, 0.3) is 0 Å². The van der Waals surface area contributed by atoms with Gasteiger partial charge in [-0.25, -0.2) is 0 Å². The maximum absolute atomic E-state index is 5.57. The third-order valence-corrected chi connectivity index (χ3v) is 1.21. The van der Waals surface area contributed by atoms with E-state index < -0.39 is 0 Å². The number of nitrogens with zero attached hydrogens (tertiary/aromatic N) is 2. The summed E-state index contributed by atoms with van der Waals surface area (Å²) < 4.78 is 1.58. The second-order valence-corrected chi connectivity index (χ2v) is 1.98. The van der Waals surface area contributed by atoms with Crippen molar-refractivity contribution in [2.45, 2.75) is 6.92 Å². The van der Waals surface area contributed by atoms with Gasteiger partial charge in [-0.15, -0.1) is 0 Å². The molecule has 1 aromatic heterocycles. The Balaban J connectivity index is 3.14. The predicted octanol–water partition coefficient (Wildman–Crippen LogP) is 1.18. The topological polar surface area (TPSA) is 17.8 Å². The summed E-state index contributed by atoms with van der Waals surface area (Å²) in [7, 11) is 1.78. The third-order valence-electron chi connectivity index (χ3n) is 0.868. The Hall–Kier alpha value is -0.500. The molecule has 0 unspecified atom stereocenters. The van der Waals surface area contributed by atoms with E-state index in [1.54, 1.807) is 11.7 Å². The van der Waals surface area contributed by atoms with E-state index in [1.807, 2.05) is 6.92 Å². The number of hydrogen-bond acceptors (Lipinski definition) is 1. The van der Waals surface area contributed by atoms with Gasteiger partial charge in [0.15, 0.2) is 0 Å². The minimum atomic E-state index is 0.558. The molecule has 0 aliphatic heterocycles. The number of aromatic nitrogens is 2. The highest BCUT2D eigenvalue weighted by atomic mass is 35.5. The molecule has 2 nitrogen and oxygen atoms in total. The van der Waals surface area contributed by atoms with Crippen molar-refractivity contribution in [1.82, 2.24) is 9.78 Å². The van der Waals surface area contributed by atoms with Gasteiger partial charge < -0.3 is 0 Å². The first-order valence-corrected chi connectivity index (χ1v) is 2.66. The Morgan fingerprint density at radius 2 is 2.38 bits per heavy atom. The third kappa shape index (κ3) is 0.842. The lowest BCUT2D eigenvalue weighted by molar-refractivity contribution is 0.757. The van der Waals surface area contributed by atoms with Gasteiger partial charge in [0.2, 0.25) is 0 Å². The second-order valence-electron chi connectivity index (χ2n) is 1.62. The molecule has 0 bridgehead atoms. The van der Waals surface area contributed by atoms with Crippen molar-refractivity contribution in [1.29, 1.82) is 0 Å². The van der Waals surface area contributed by atoms with Crippen LogP contribution in [0.2, 0.25) is 5.15 Å². The molecule has 0 amide bonds. The van der Waals surface area contributed by atoms with Gasteiger partial charge in [-0.2, -0.15) is 5.10 Å². The average Bonchev–Trinajstić information content (AvgIpc) is 1.85. The van der Waals surface area contributed by atoms with Crippen LogP contribution >= 0.6 is 11.6 Å². The van der Waals surface area contributed by atoms with Gasteiger partial charge in [0, 0.05) is 13.1 Å². The molecular weight excluding hydrogens is 124 g/mol. The van der Waals surface area contributed by atoms with E-state index in [-0.39, 0.29) is 0 Å². The quantitative estimate of drug-likeness (QED) is 0.515. The molecule has 1 aromatic rings. The molecule has 43 valence electrons. The van der Waals surface area contributed by atoms with Gasteiger partial charge in [-0.1, -0.05) is 11.6 Å². The molecule has 0 atom stereocenters. The highest BCUT2D eigenvalue weighted by Gasteiger charge is 1.95. The minimum absolute atomic E-state index is 0.558. The van der Waals surface area contributed by atoms with Crippen molar-refractivity contribution in [3.05, 3.63) is 16.9 Å². The maximum atomic E-state index is 5.57. The van der Waals surface area contributed by atoms with Crippen molar-refractivity contribution in [2.24, 2.45) is 7.05 Å². The van der Waals surface area contributed by atoms with Crippen molar-refractivity contribution < 1.29 is 0 Å². The summed E-state index contributed by atoms with van der Waals surface area (Å²) in [5.74, 6) is 0. The lowest BCUT2D eigenvalue weighted by Gasteiger charge is -1.85. The van der Waals surface area contributed by atoms with Crippen LogP contribution in [-0.4, -0.2) is 9.78 Å². The van der Waals surface area contributed by atoms with Crippen LogP contribution in [0.3, 0.4) is 0 Å². The maximum Gasteiger partial charge on any atom is 0.134 e.